The largest absolute Gasteiger partial charge is 0.493 e. The van der Waals surface area contributed by atoms with Gasteiger partial charge in [-0.2, -0.15) is 0 Å². The molecule has 5 heteroatoms. The molecule has 1 saturated heterocycles. The monoisotopic (exact) mass is 283 g/mol. The van der Waals surface area contributed by atoms with E-state index in [1.54, 1.807) is 4.90 Å². The highest BCUT2D eigenvalue weighted by Crippen LogP contribution is 2.11. The third kappa shape index (κ3) is 4.40. The second kappa shape index (κ2) is 7.36. The molecular formula is C14H18ClNO3. The zero-order valence-corrected chi connectivity index (χ0v) is 11.5. The van der Waals surface area contributed by atoms with Crippen LogP contribution < -0.4 is 4.74 Å². The van der Waals surface area contributed by atoms with Crippen molar-refractivity contribution in [1.29, 1.82) is 0 Å². The van der Waals surface area contributed by atoms with Gasteiger partial charge in [-0.3, -0.25) is 4.79 Å². The summed E-state index contributed by atoms with van der Waals surface area (Å²) in [5.41, 5.74) is 0. The maximum atomic E-state index is 12.0. The molecule has 1 aromatic rings. The number of morpholine rings is 1. The van der Waals surface area contributed by atoms with Crippen LogP contribution >= 0.6 is 11.6 Å². The minimum absolute atomic E-state index is 0.0468. The third-order valence-corrected chi connectivity index (χ3v) is 3.34. The van der Waals surface area contributed by atoms with Crippen LogP contribution in [0.15, 0.2) is 30.3 Å². The van der Waals surface area contributed by atoms with Gasteiger partial charge in [0.1, 0.15) is 5.75 Å². The van der Waals surface area contributed by atoms with E-state index >= 15 is 0 Å². The lowest BCUT2D eigenvalue weighted by atomic mass is 10.2. The molecule has 19 heavy (non-hydrogen) atoms. The summed E-state index contributed by atoms with van der Waals surface area (Å²) in [4.78, 5) is 13.8. The molecule has 0 spiro atoms. The lowest BCUT2D eigenvalue weighted by molar-refractivity contribution is -0.138. The molecule has 0 N–H and O–H groups in total. The van der Waals surface area contributed by atoms with Crippen LogP contribution in [-0.4, -0.2) is 49.1 Å². The van der Waals surface area contributed by atoms with Crippen molar-refractivity contribution in [2.24, 2.45) is 0 Å². The first-order valence-corrected chi connectivity index (χ1v) is 6.96. The molecule has 1 aromatic carbocycles. The van der Waals surface area contributed by atoms with Crippen molar-refractivity contribution < 1.29 is 14.3 Å². The fourth-order valence-corrected chi connectivity index (χ4v) is 2.16. The van der Waals surface area contributed by atoms with E-state index in [0.717, 1.165) is 5.75 Å². The quantitative estimate of drug-likeness (QED) is 0.775. The highest BCUT2D eigenvalue weighted by Gasteiger charge is 2.23. The van der Waals surface area contributed by atoms with Crippen LogP contribution in [0, 0.1) is 0 Å². The van der Waals surface area contributed by atoms with E-state index in [-0.39, 0.29) is 12.0 Å². The van der Waals surface area contributed by atoms with Crippen molar-refractivity contribution in [2.45, 2.75) is 12.5 Å². The SMILES string of the molecule is O=C(CCOc1ccccc1)N1CCOC(CCl)C1. The van der Waals surface area contributed by atoms with Crippen LogP contribution in [0.3, 0.4) is 0 Å². The standard InChI is InChI=1S/C14H18ClNO3/c15-10-13-11-16(7-9-19-13)14(17)6-8-18-12-4-2-1-3-5-12/h1-5,13H,6-11H2. The Morgan fingerprint density at radius 3 is 2.95 bits per heavy atom. The molecule has 1 aliphatic heterocycles. The molecule has 1 heterocycles. The zero-order chi connectivity index (χ0) is 13.5. The van der Waals surface area contributed by atoms with E-state index in [2.05, 4.69) is 0 Å². The summed E-state index contributed by atoms with van der Waals surface area (Å²) >= 11 is 5.75. The van der Waals surface area contributed by atoms with E-state index in [1.807, 2.05) is 30.3 Å². The van der Waals surface area contributed by atoms with E-state index in [1.165, 1.54) is 0 Å². The lowest BCUT2D eigenvalue weighted by Gasteiger charge is -2.32. The van der Waals surface area contributed by atoms with Gasteiger partial charge in [-0.15, -0.1) is 11.6 Å². The summed E-state index contributed by atoms with van der Waals surface area (Å²) in [7, 11) is 0. The van der Waals surface area contributed by atoms with E-state index < -0.39 is 0 Å². The van der Waals surface area contributed by atoms with Crippen molar-refractivity contribution in [3.8, 4) is 5.75 Å². The predicted molar refractivity (Wildman–Crippen MR) is 73.6 cm³/mol. The fraction of sp³-hybridized carbons (Fsp3) is 0.500. The number of carbonyl (C=O) groups is 1. The Labute approximate surface area is 118 Å². The Hall–Kier alpha value is -1.26. The highest BCUT2D eigenvalue weighted by atomic mass is 35.5. The Balaban J connectivity index is 1.72. The summed E-state index contributed by atoms with van der Waals surface area (Å²) in [6, 6.07) is 9.50. The minimum atomic E-state index is -0.0468. The number of alkyl halides is 1. The molecule has 0 radical (unpaired) electrons. The Bertz CT molecular complexity index is 399. The van der Waals surface area contributed by atoms with E-state index in [9.17, 15) is 4.79 Å². The number of benzene rings is 1. The molecule has 1 amide bonds. The van der Waals surface area contributed by atoms with Crippen LogP contribution in [0.25, 0.3) is 0 Å². The van der Waals surface area contributed by atoms with Gasteiger partial charge in [-0.1, -0.05) is 18.2 Å². The summed E-state index contributed by atoms with van der Waals surface area (Å²) < 4.78 is 10.9. The maximum absolute atomic E-state index is 12.0. The molecule has 1 fully saturated rings. The van der Waals surface area contributed by atoms with Crippen LogP contribution in [0.5, 0.6) is 5.75 Å². The average molecular weight is 284 g/mol. The number of halogens is 1. The van der Waals surface area contributed by atoms with Crippen LogP contribution in [0.4, 0.5) is 0 Å². The van der Waals surface area contributed by atoms with Gasteiger partial charge < -0.3 is 14.4 Å². The van der Waals surface area contributed by atoms with Crippen molar-refractivity contribution in [1.82, 2.24) is 4.90 Å². The first-order chi connectivity index (χ1) is 9.29. The van der Waals surface area contributed by atoms with Gasteiger partial charge in [0.15, 0.2) is 0 Å². The Kier molecular flexibility index (Phi) is 5.48. The highest BCUT2D eigenvalue weighted by molar-refractivity contribution is 6.18. The number of ether oxygens (including phenoxy) is 2. The van der Waals surface area contributed by atoms with Gasteiger partial charge in [0, 0.05) is 13.1 Å². The van der Waals surface area contributed by atoms with E-state index in [4.69, 9.17) is 21.1 Å². The van der Waals surface area contributed by atoms with Gasteiger partial charge in [0.05, 0.1) is 31.6 Å². The first-order valence-electron chi connectivity index (χ1n) is 6.43. The first kappa shape index (κ1) is 14.2. The van der Waals surface area contributed by atoms with Crippen LogP contribution in [0.1, 0.15) is 6.42 Å². The van der Waals surface area contributed by atoms with Gasteiger partial charge in [-0.05, 0) is 12.1 Å². The molecule has 104 valence electrons. The van der Waals surface area contributed by atoms with Gasteiger partial charge in [0.25, 0.3) is 0 Å². The third-order valence-electron chi connectivity index (χ3n) is 2.99. The number of nitrogens with zero attached hydrogens (tertiary/aromatic N) is 1. The molecular weight excluding hydrogens is 266 g/mol. The number of rotatable bonds is 5. The van der Waals surface area contributed by atoms with Crippen molar-refractivity contribution in [3.05, 3.63) is 30.3 Å². The lowest BCUT2D eigenvalue weighted by Crippen LogP contribution is -2.46. The Morgan fingerprint density at radius 2 is 2.21 bits per heavy atom. The molecule has 0 aliphatic carbocycles. The molecule has 4 nitrogen and oxygen atoms in total. The maximum Gasteiger partial charge on any atom is 0.226 e. The number of hydrogen-bond donors (Lipinski definition) is 0. The molecule has 1 aliphatic rings. The van der Waals surface area contributed by atoms with Gasteiger partial charge in [0.2, 0.25) is 5.91 Å². The zero-order valence-electron chi connectivity index (χ0n) is 10.8. The second-order valence-corrected chi connectivity index (χ2v) is 4.71. The molecule has 1 atom stereocenters. The second-order valence-electron chi connectivity index (χ2n) is 4.40. The van der Waals surface area contributed by atoms with Crippen LogP contribution in [0.2, 0.25) is 0 Å². The summed E-state index contributed by atoms with van der Waals surface area (Å²) in [6.45, 7) is 2.17. The van der Waals surface area contributed by atoms with Crippen molar-refractivity contribution >= 4 is 17.5 Å². The molecule has 0 aromatic heterocycles. The Morgan fingerprint density at radius 1 is 1.42 bits per heavy atom. The fourth-order valence-electron chi connectivity index (χ4n) is 1.97. The van der Waals surface area contributed by atoms with E-state index in [0.29, 0.717) is 38.6 Å². The van der Waals surface area contributed by atoms with Crippen molar-refractivity contribution in [3.63, 3.8) is 0 Å². The average Bonchev–Trinajstić information content (AvgIpc) is 2.48. The normalized spacial score (nSPS) is 19.2. The number of para-hydroxylation sites is 1. The summed E-state index contributed by atoms with van der Waals surface area (Å²) in [5.74, 6) is 1.30. The van der Waals surface area contributed by atoms with Gasteiger partial charge >= 0.3 is 0 Å². The molecule has 2 rings (SSSR count). The number of carbonyl (C=O) groups excluding carboxylic acids is 1. The molecule has 0 saturated carbocycles. The number of amides is 1. The summed E-state index contributed by atoms with van der Waals surface area (Å²) in [6.07, 6.45) is 0.332. The molecule has 1 unspecified atom stereocenters. The minimum Gasteiger partial charge on any atom is -0.493 e. The summed E-state index contributed by atoms with van der Waals surface area (Å²) in [5, 5.41) is 0. The molecule has 0 bridgehead atoms. The van der Waals surface area contributed by atoms with Gasteiger partial charge in [-0.25, -0.2) is 0 Å². The van der Waals surface area contributed by atoms with Crippen LogP contribution in [-0.2, 0) is 9.53 Å². The van der Waals surface area contributed by atoms with Crippen molar-refractivity contribution in [2.75, 3.05) is 32.2 Å². The smallest absolute Gasteiger partial charge is 0.226 e. The predicted octanol–water partition coefficient (Wildman–Crippen LogP) is 1.92. The number of hydrogen-bond acceptors (Lipinski definition) is 3. The topological polar surface area (TPSA) is 38.8 Å².